The second kappa shape index (κ2) is 14.1. The van der Waals surface area contributed by atoms with Crippen LogP contribution in [0.25, 0.3) is 0 Å². The summed E-state index contributed by atoms with van der Waals surface area (Å²) in [4.78, 5) is 28.9. The molecule has 1 atom stereocenters. The van der Waals surface area contributed by atoms with Gasteiger partial charge in [0, 0.05) is 19.5 Å². The molecule has 0 heterocycles. The monoisotopic (exact) mass is 578 g/mol. The van der Waals surface area contributed by atoms with Crippen LogP contribution in [0.5, 0.6) is 5.75 Å². The van der Waals surface area contributed by atoms with Crippen LogP contribution in [0.2, 0.25) is 0 Å². The fourth-order valence-corrected chi connectivity index (χ4v) is 4.59. The summed E-state index contributed by atoms with van der Waals surface area (Å²) in [6.07, 6.45) is 0.412. The molecular formula is C32H39BrN2O3. The zero-order valence-electron chi connectivity index (χ0n) is 23.0. The standard InChI is InChI=1S/C32H39BrN2O3/c1-22(2)19-34-32(37)29(17-25-9-7-6-8-10-25)35(20-26-13-11-24(5)12-14-26)31(36)21-38-30-16-15-27(23(3)4)18-28(30)33/h6-16,18,22-23,29H,17,19-21H2,1-5H3,(H,34,37)/t29-/m0/s1. The molecule has 0 aliphatic carbocycles. The molecule has 202 valence electrons. The average molecular weight is 580 g/mol. The largest absolute Gasteiger partial charge is 0.483 e. The van der Waals surface area contributed by atoms with Gasteiger partial charge in [-0.05, 0) is 63.5 Å². The predicted molar refractivity (Wildman–Crippen MR) is 157 cm³/mol. The number of hydrogen-bond acceptors (Lipinski definition) is 3. The molecule has 0 unspecified atom stereocenters. The molecule has 3 aromatic rings. The van der Waals surface area contributed by atoms with E-state index in [0.717, 1.165) is 21.2 Å². The SMILES string of the molecule is Cc1ccc(CN(C(=O)COc2ccc(C(C)C)cc2Br)[C@@H](Cc2ccccc2)C(=O)NCC(C)C)cc1. The molecule has 0 aromatic heterocycles. The summed E-state index contributed by atoms with van der Waals surface area (Å²) in [5.41, 5.74) is 4.27. The molecule has 0 radical (unpaired) electrons. The summed E-state index contributed by atoms with van der Waals surface area (Å²) in [7, 11) is 0. The molecule has 0 aliphatic heterocycles. The Morgan fingerprint density at radius 2 is 1.61 bits per heavy atom. The van der Waals surface area contributed by atoms with Gasteiger partial charge in [0.15, 0.2) is 6.61 Å². The lowest BCUT2D eigenvalue weighted by Gasteiger charge is -2.32. The topological polar surface area (TPSA) is 58.6 Å². The van der Waals surface area contributed by atoms with Crippen molar-refractivity contribution in [2.75, 3.05) is 13.2 Å². The fourth-order valence-electron chi connectivity index (χ4n) is 4.08. The Bertz CT molecular complexity index is 1190. The van der Waals surface area contributed by atoms with Crippen LogP contribution in [0.15, 0.2) is 77.3 Å². The van der Waals surface area contributed by atoms with Crippen molar-refractivity contribution in [2.45, 2.75) is 59.5 Å². The molecule has 0 saturated carbocycles. The Morgan fingerprint density at radius 1 is 0.921 bits per heavy atom. The van der Waals surface area contributed by atoms with Crippen LogP contribution in [0, 0.1) is 12.8 Å². The van der Waals surface area contributed by atoms with E-state index in [0.29, 0.717) is 37.1 Å². The Morgan fingerprint density at radius 3 is 2.21 bits per heavy atom. The number of nitrogens with one attached hydrogen (secondary N) is 1. The highest BCUT2D eigenvalue weighted by atomic mass is 79.9. The first-order valence-electron chi connectivity index (χ1n) is 13.2. The van der Waals surface area contributed by atoms with E-state index in [1.165, 1.54) is 5.56 Å². The van der Waals surface area contributed by atoms with Crippen LogP contribution in [-0.4, -0.2) is 35.9 Å². The number of rotatable bonds is 12. The molecule has 0 spiro atoms. The van der Waals surface area contributed by atoms with Crippen LogP contribution in [0.3, 0.4) is 0 Å². The second-order valence-corrected chi connectivity index (χ2v) is 11.3. The Kier molecular flexibility index (Phi) is 11.0. The van der Waals surface area contributed by atoms with Crippen molar-refractivity contribution in [1.82, 2.24) is 10.2 Å². The van der Waals surface area contributed by atoms with Crippen LogP contribution in [0.1, 0.15) is 55.9 Å². The van der Waals surface area contributed by atoms with Gasteiger partial charge in [-0.15, -0.1) is 0 Å². The van der Waals surface area contributed by atoms with E-state index in [2.05, 4.69) is 48.9 Å². The first-order valence-corrected chi connectivity index (χ1v) is 14.0. The number of ether oxygens (including phenoxy) is 1. The molecule has 0 bridgehead atoms. The van der Waals surface area contributed by atoms with Crippen molar-refractivity contribution in [3.05, 3.63) is 99.5 Å². The van der Waals surface area contributed by atoms with Gasteiger partial charge in [-0.2, -0.15) is 0 Å². The van der Waals surface area contributed by atoms with Crippen molar-refractivity contribution in [3.63, 3.8) is 0 Å². The quantitative estimate of drug-likeness (QED) is 0.261. The van der Waals surface area contributed by atoms with Crippen molar-refractivity contribution in [2.24, 2.45) is 5.92 Å². The highest BCUT2D eigenvalue weighted by Crippen LogP contribution is 2.29. The van der Waals surface area contributed by atoms with Crippen LogP contribution in [-0.2, 0) is 22.6 Å². The zero-order chi connectivity index (χ0) is 27.7. The van der Waals surface area contributed by atoms with Gasteiger partial charge in [-0.25, -0.2) is 0 Å². The predicted octanol–water partition coefficient (Wildman–Crippen LogP) is 6.67. The van der Waals surface area contributed by atoms with Gasteiger partial charge in [0.1, 0.15) is 11.8 Å². The molecule has 1 N–H and O–H groups in total. The third-order valence-electron chi connectivity index (χ3n) is 6.40. The summed E-state index contributed by atoms with van der Waals surface area (Å²) in [5, 5.41) is 3.05. The third kappa shape index (κ3) is 8.73. The molecule has 3 aromatic carbocycles. The van der Waals surface area contributed by atoms with Gasteiger partial charge in [-0.1, -0.05) is 93.9 Å². The Balaban J connectivity index is 1.89. The van der Waals surface area contributed by atoms with Gasteiger partial charge in [-0.3, -0.25) is 9.59 Å². The number of halogens is 1. The van der Waals surface area contributed by atoms with Gasteiger partial charge < -0.3 is 15.0 Å². The Hall–Kier alpha value is -3.12. The normalized spacial score (nSPS) is 11.9. The van der Waals surface area contributed by atoms with Crippen LogP contribution >= 0.6 is 15.9 Å². The van der Waals surface area contributed by atoms with E-state index in [-0.39, 0.29) is 18.4 Å². The molecule has 2 amide bonds. The number of carbonyl (C=O) groups excluding carboxylic acids is 2. The minimum absolute atomic E-state index is 0.162. The lowest BCUT2D eigenvalue weighted by Crippen LogP contribution is -2.52. The highest BCUT2D eigenvalue weighted by Gasteiger charge is 2.31. The van der Waals surface area contributed by atoms with Crippen molar-refractivity contribution < 1.29 is 14.3 Å². The highest BCUT2D eigenvalue weighted by molar-refractivity contribution is 9.10. The van der Waals surface area contributed by atoms with Gasteiger partial charge >= 0.3 is 0 Å². The van der Waals surface area contributed by atoms with Gasteiger partial charge in [0.2, 0.25) is 5.91 Å². The number of benzene rings is 3. The minimum Gasteiger partial charge on any atom is -0.483 e. The van der Waals surface area contributed by atoms with Crippen LogP contribution < -0.4 is 10.1 Å². The molecular weight excluding hydrogens is 540 g/mol. The zero-order valence-corrected chi connectivity index (χ0v) is 24.6. The van der Waals surface area contributed by atoms with Gasteiger partial charge in [0.25, 0.3) is 5.91 Å². The molecule has 0 saturated heterocycles. The first kappa shape index (κ1) is 29.4. The lowest BCUT2D eigenvalue weighted by atomic mass is 10.0. The number of nitrogens with zero attached hydrogens (tertiary/aromatic N) is 1. The summed E-state index contributed by atoms with van der Waals surface area (Å²) in [5.74, 6) is 0.876. The minimum atomic E-state index is -0.680. The second-order valence-electron chi connectivity index (χ2n) is 10.5. The number of hydrogen-bond donors (Lipinski definition) is 1. The maximum absolute atomic E-state index is 13.8. The molecule has 38 heavy (non-hydrogen) atoms. The molecule has 3 rings (SSSR count). The van der Waals surface area contributed by atoms with E-state index in [9.17, 15) is 9.59 Å². The first-order chi connectivity index (χ1) is 18.1. The van der Waals surface area contributed by atoms with Crippen molar-refractivity contribution >= 4 is 27.7 Å². The van der Waals surface area contributed by atoms with Crippen molar-refractivity contribution in [3.8, 4) is 5.75 Å². The van der Waals surface area contributed by atoms with Gasteiger partial charge in [0.05, 0.1) is 4.47 Å². The number of aryl methyl sites for hydroxylation is 1. The molecule has 0 fully saturated rings. The molecule has 0 aliphatic rings. The maximum Gasteiger partial charge on any atom is 0.261 e. The van der Waals surface area contributed by atoms with E-state index in [4.69, 9.17) is 4.74 Å². The summed E-state index contributed by atoms with van der Waals surface area (Å²) in [6, 6.07) is 23.1. The summed E-state index contributed by atoms with van der Waals surface area (Å²) >= 11 is 3.58. The Labute approximate surface area is 235 Å². The maximum atomic E-state index is 13.8. The van der Waals surface area contributed by atoms with E-state index in [1.54, 1.807) is 4.90 Å². The third-order valence-corrected chi connectivity index (χ3v) is 7.02. The summed E-state index contributed by atoms with van der Waals surface area (Å²) < 4.78 is 6.78. The fraction of sp³-hybridized carbons (Fsp3) is 0.375. The lowest BCUT2D eigenvalue weighted by molar-refractivity contribution is -0.142. The van der Waals surface area contributed by atoms with E-state index >= 15 is 0 Å². The van der Waals surface area contributed by atoms with E-state index < -0.39 is 6.04 Å². The molecule has 6 heteroatoms. The van der Waals surface area contributed by atoms with Crippen molar-refractivity contribution in [1.29, 1.82) is 0 Å². The molecule has 5 nitrogen and oxygen atoms in total. The summed E-state index contributed by atoms with van der Waals surface area (Å²) in [6.45, 7) is 11.1. The smallest absolute Gasteiger partial charge is 0.261 e. The number of amides is 2. The van der Waals surface area contributed by atoms with E-state index in [1.807, 2.05) is 79.7 Å². The average Bonchev–Trinajstić information content (AvgIpc) is 2.90. The van der Waals surface area contributed by atoms with Crippen LogP contribution in [0.4, 0.5) is 0 Å². The number of carbonyl (C=O) groups is 2.